The number of nitrogens with zero attached hydrogens (tertiary/aromatic N) is 1. The maximum Gasteiger partial charge on any atom is 0.255 e. The van der Waals surface area contributed by atoms with Crippen LogP contribution in [0.1, 0.15) is 61.9 Å². The minimum Gasteiger partial charge on any atom is -0.337 e. The van der Waals surface area contributed by atoms with Crippen LogP contribution >= 0.6 is 11.6 Å². The average molecular weight is 474 g/mol. The Hall–Kier alpha value is -2.44. The number of halogens is 2. The van der Waals surface area contributed by atoms with Crippen molar-refractivity contribution in [3.8, 4) is 0 Å². The molecule has 0 spiro atoms. The molecule has 0 bridgehead atoms. The number of anilines is 1. The van der Waals surface area contributed by atoms with Crippen molar-refractivity contribution in [2.24, 2.45) is 17.1 Å². The zero-order valence-corrected chi connectivity index (χ0v) is 20.1. The normalized spacial score (nSPS) is 14.7. The third-order valence-corrected chi connectivity index (χ3v) is 6.58. The van der Waals surface area contributed by atoms with Crippen LogP contribution in [0.2, 0.25) is 5.02 Å². The summed E-state index contributed by atoms with van der Waals surface area (Å²) in [6.45, 7) is 5.44. The molecule has 3 rings (SSSR count). The van der Waals surface area contributed by atoms with Crippen LogP contribution in [0, 0.1) is 17.2 Å². The third-order valence-electron chi connectivity index (χ3n) is 6.21. The molecule has 0 unspecified atom stereocenters. The Morgan fingerprint density at radius 3 is 2.42 bits per heavy atom. The van der Waals surface area contributed by atoms with Crippen molar-refractivity contribution in [1.82, 2.24) is 4.90 Å². The standard InChI is InChI=1S/C26H33ClFN3O2/c1-26(2,16-29)17-31(25(33)19-6-4-3-5-7-19)15-20-14-22(12-13-23(20)27)30-24(32)18-8-10-21(28)11-9-18/h8-14,19H,3-7,15-17,29H2,1-2H3,(H,30,32). The molecular weight excluding hydrogens is 441 g/mol. The van der Waals surface area contributed by atoms with E-state index in [1.165, 1.54) is 30.7 Å². The zero-order chi connectivity index (χ0) is 24.0. The molecular formula is C26H33ClFN3O2. The van der Waals surface area contributed by atoms with Gasteiger partial charge in [0.25, 0.3) is 5.91 Å². The van der Waals surface area contributed by atoms with Gasteiger partial charge < -0.3 is 16.0 Å². The molecule has 33 heavy (non-hydrogen) atoms. The Labute approximate surface area is 200 Å². The number of nitrogens with two attached hydrogens (primary N) is 1. The summed E-state index contributed by atoms with van der Waals surface area (Å²) in [5, 5.41) is 3.36. The highest BCUT2D eigenvalue weighted by molar-refractivity contribution is 6.31. The number of carbonyl (C=O) groups excluding carboxylic acids is 2. The Balaban J connectivity index is 1.80. The molecule has 0 aromatic heterocycles. The van der Waals surface area contributed by atoms with E-state index in [4.69, 9.17) is 17.3 Å². The lowest BCUT2D eigenvalue weighted by molar-refractivity contribution is -0.138. The molecule has 0 saturated heterocycles. The van der Waals surface area contributed by atoms with Crippen molar-refractivity contribution in [3.63, 3.8) is 0 Å². The molecule has 2 amide bonds. The van der Waals surface area contributed by atoms with Crippen LogP contribution in [-0.2, 0) is 11.3 Å². The fraction of sp³-hybridized carbons (Fsp3) is 0.462. The largest absolute Gasteiger partial charge is 0.337 e. The molecule has 0 atom stereocenters. The van der Waals surface area contributed by atoms with E-state index in [0.717, 1.165) is 31.2 Å². The van der Waals surface area contributed by atoms with Crippen LogP contribution < -0.4 is 11.1 Å². The van der Waals surface area contributed by atoms with Crippen molar-refractivity contribution in [1.29, 1.82) is 0 Å². The molecule has 178 valence electrons. The van der Waals surface area contributed by atoms with Crippen molar-refractivity contribution >= 4 is 29.1 Å². The number of nitrogens with one attached hydrogen (secondary N) is 1. The van der Waals surface area contributed by atoms with Gasteiger partial charge in [-0.25, -0.2) is 4.39 Å². The summed E-state index contributed by atoms with van der Waals surface area (Å²) in [6, 6.07) is 10.6. The van der Waals surface area contributed by atoms with E-state index in [2.05, 4.69) is 19.2 Å². The van der Waals surface area contributed by atoms with Crippen molar-refractivity contribution in [2.75, 3.05) is 18.4 Å². The SMILES string of the molecule is CC(C)(CN)CN(Cc1cc(NC(=O)c2ccc(F)cc2)ccc1Cl)C(=O)C1CCCCC1. The first-order valence-corrected chi connectivity index (χ1v) is 11.9. The number of hydrogen-bond donors (Lipinski definition) is 2. The van der Waals surface area contributed by atoms with Crippen LogP contribution in [0.5, 0.6) is 0 Å². The Kier molecular flexibility index (Phi) is 8.49. The molecule has 1 fully saturated rings. The summed E-state index contributed by atoms with van der Waals surface area (Å²) in [4.78, 5) is 27.8. The van der Waals surface area contributed by atoms with Gasteiger partial charge in [-0.1, -0.05) is 44.7 Å². The lowest BCUT2D eigenvalue weighted by Gasteiger charge is -2.35. The summed E-state index contributed by atoms with van der Waals surface area (Å²) >= 11 is 6.49. The Morgan fingerprint density at radius 2 is 1.79 bits per heavy atom. The van der Waals surface area contributed by atoms with Gasteiger partial charge in [-0.15, -0.1) is 0 Å². The van der Waals surface area contributed by atoms with Crippen LogP contribution in [0.25, 0.3) is 0 Å². The molecule has 7 heteroatoms. The van der Waals surface area contributed by atoms with E-state index in [-0.39, 0.29) is 23.1 Å². The molecule has 0 aliphatic heterocycles. The van der Waals surface area contributed by atoms with E-state index in [9.17, 15) is 14.0 Å². The molecule has 1 aliphatic carbocycles. The molecule has 2 aromatic rings. The summed E-state index contributed by atoms with van der Waals surface area (Å²) < 4.78 is 13.2. The quantitative estimate of drug-likeness (QED) is 0.522. The molecule has 5 nitrogen and oxygen atoms in total. The predicted molar refractivity (Wildman–Crippen MR) is 131 cm³/mol. The van der Waals surface area contributed by atoms with Gasteiger partial charge in [-0.05, 0) is 72.8 Å². The van der Waals surface area contributed by atoms with E-state index in [0.29, 0.717) is 35.9 Å². The van der Waals surface area contributed by atoms with Crippen molar-refractivity contribution in [3.05, 3.63) is 64.4 Å². The number of carbonyl (C=O) groups is 2. The monoisotopic (exact) mass is 473 g/mol. The molecule has 2 aromatic carbocycles. The molecule has 1 saturated carbocycles. The number of benzene rings is 2. The highest BCUT2D eigenvalue weighted by Crippen LogP contribution is 2.30. The summed E-state index contributed by atoms with van der Waals surface area (Å²) in [7, 11) is 0. The maximum absolute atomic E-state index is 13.4. The molecule has 0 radical (unpaired) electrons. The first kappa shape index (κ1) is 25.2. The van der Waals surface area contributed by atoms with Crippen LogP contribution in [0.4, 0.5) is 10.1 Å². The highest BCUT2D eigenvalue weighted by Gasteiger charge is 2.30. The lowest BCUT2D eigenvalue weighted by atomic mass is 9.86. The minimum atomic E-state index is -0.400. The van der Waals surface area contributed by atoms with Gasteiger partial charge in [0, 0.05) is 35.3 Å². The fourth-order valence-electron chi connectivity index (χ4n) is 4.18. The van der Waals surface area contributed by atoms with Gasteiger partial charge in [-0.3, -0.25) is 9.59 Å². The maximum atomic E-state index is 13.4. The van der Waals surface area contributed by atoms with Gasteiger partial charge in [0.05, 0.1) is 0 Å². The van der Waals surface area contributed by atoms with Gasteiger partial charge in [0.1, 0.15) is 5.82 Å². The van der Waals surface area contributed by atoms with Crippen LogP contribution in [0.15, 0.2) is 42.5 Å². The van der Waals surface area contributed by atoms with E-state index in [1.807, 2.05) is 4.90 Å². The average Bonchev–Trinajstić information content (AvgIpc) is 2.81. The third kappa shape index (κ3) is 7.02. The van der Waals surface area contributed by atoms with E-state index < -0.39 is 5.82 Å². The second-order valence-electron chi connectivity index (χ2n) is 9.66. The Bertz CT molecular complexity index is 972. The highest BCUT2D eigenvalue weighted by atomic mass is 35.5. The van der Waals surface area contributed by atoms with Crippen LogP contribution in [0.3, 0.4) is 0 Å². The topological polar surface area (TPSA) is 75.4 Å². The second-order valence-corrected chi connectivity index (χ2v) is 10.1. The van der Waals surface area contributed by atoms with Crippen molar-refractivity contribution < 1.29 is 14.0 Å². The predicted octanol–water partition coefficient (Wildman–Crippen LogP) is 5.63. The van der Waals surface area contributed by atoms with Gasteiger partial charge in [0.15, 0.2) is 0 Å². The number of hydrogen-bond acceptors (Lipinski definition) is 3. The summed E-state index contributed by atoms with van der Waals surface area (Å²) in [6.07, 6.45) is 5.17. The molecule has 0 heterocycles. The minimum absolute atomic E-state index is 0.0347. The number of rotatable bonds is 8. The van der Waals surface area contributed by atoms with Gasteiger partial charge in [0.2, 0.25) is 5.91 Å². The van der Waals surface area contributed by atoms with Gasteiger partial charge in [-0.2, -0.15) is 0 Å². The second kappa shape index (κ2) is 11.1. The zero-order valence-electron chi connectivity index (χ0n) is 19.4. The van der Waals surface area contributed by atoms with Gasteiger partial charge >= 0.3 is 0 Å². The van der Waals surface area contributed by atoms with Crippen LogP contribution in [-0.4, -0.2) is 29.8 Å². The summed E-state index contributed by atoms with van der Waals surface area (Å²) in [5.74, 6) is -0.563. The summed E-state index contributed by atoms with van der Waals surface area (Å²) in [5.41, 5.74) is 7.40. The van der Waals surface area contributed by atoms with Crippen molar-refractivity contribution in [2.45, 2.75) is 52.5 Å². The molecule has 1 aliphatic rings. The van der Waals surface area contributed by atoms with E-state index >= 15 is 0 Å². The fourth-order valence-corrected chi connectivity index (χ4v) is 4.36. The van der Waals surface area contributed by atoms with E-state index in [1.54, 1.807) is 18.2 Å². The molecule has 3 N–H and O–H groups in total. The number of amides is 2. The first-order valence-electron chi connectivity index (χ1n) is 11.5. The Morgan fingerprint density at radius 1 is 1.12 bits per heavy atom. The smallest absolute Gasteiger partial charge is 0.255 e. The first-order chi connectivity index (χ1) is 15.7. The lowest BCUT2D eigenvalue weighted by Crippen LogP contribution is -2.44.